The van der Waals surface area contributed by atoms with Crippen LogP contribution in [0.2, 0.25) is 5.02 Å². The maximum absolute atomic E-state index is 12.4. The van der Waals surface area contributed by atoms with E-state index in [1.807, 2.05) is 31.2 Å². The van der Waals surface area contributed by atoms with E-state index in [9.17, 15) is 9.90 Å². The number of aliphatic hydroxyl groups is 1. The van der Waals surface area contributed by atoms with Crippen molar-refractivity contribution < 1.29 is 9.90 Å². The van der Waals surface area contributed by atoms with E-state index in [1.54, 1.807) is 0 Å². The molecule has 0 spiro atoms. The Morgan fingerprint density at radius 1 is 1.39 bits per heavy atom. The lowest BCUT2D eigenvalue weighted by Gasteiger charge is -2.24. The lowest BCUT2D eigenvalue weighted by molar-refractivity contribution is -0.124. The molecule has 0 bridgehead atoms. The number of rotatable bonds is 4. The molecule has 2 heterocycles. The molecule has 5 N–H and O–H groups in total. The van der Waals surface area contributed by atoms with Crippen molar-refractivity contribution in [1.82, 2.24) is 21.5 Å². The van der Waals surface area contributed by atoms with Gasteiger partial charge in [0.2, 0.25) is 5.91 Å². The predicted molar refractivity (Wildman–Crippen MR) is 88.9 cm³/mol. The van der Waals surface area contributed by atoms with Gasteiger partial charge in [-0.15, -0.1) is 0 Å². The molecule has 126 valence electrons. The molecule has 2 aliphatic rings. The van der Waals surface area contributed by atoms with Gasteiger partial charge in [-0.3, -0.25) is 4.79 Å². The van der Waals surface area contributed by atoms with Gasteiger partial charge in [-0.1, -0.05) is 30.7 Å². The van der Waals surface area contributed by atoms with E-state index in [-0.39, 0.29) is 30.5 Å². The third-order valence-corrected chi connectivity index (χ3v) is 5.02. The fraction of sp³-hybridized carbons (Fsp3) is 0.562. The van der Waals surface area contributed by atoms with Crippen LogP contribution in [0.5, 0.6) is 0 Å². The second-order valence-electron chi connectivity index (χ2n) is 6.52. The zero-order chi connectivity index (χ0) is 16.4. The van der Waals surface area contributed by atoms with Gasteiger partial charge in [0.15, 0.2) is 0 Å². The van der Waals surface area contributed by atoms with Crippen LogP contribution in [-0.2, 0) is 4.79 Å². The molecule has 3 rings (SSSR count). The number of hydrazine groups is 1. The first-order valence-corrected chi connectivity index (χ1v) is 8.34. The van der Waals surface area contributed by atoms with E-state index in [0.29, 0.717) is 18.0 Å². The van der Waals surface area contributed by atoms with Gasteiger partial charge in [0, 0.05) is 24.0 Å². The fourth-order valence-electron chi connectivity index (χ4n) is 3.24. The predicted octanol–water partition coefficient (Wildman–Crippen LogP) is 0.334. The highest BCUT2D eigenvalue weighted by atomic mass is 35.5. The third-order valence-electron chi connectivity index (χ3n) is 4.77. The SMILES string of the molecule is CC1C(C(=O)NCC2(O)CCNC2)NNC1c1ccc(Cl)cc1. The molecule has 4 unspecified atom stereocenters. The van der Waals surface area contributed by atoms with Crippen LogP contribution in [0.1, 0.15) is 24.9 Å². The van der Waals surface area contributed by atoms with Gasteiger partial charge in [0.1, 0.15) is 6.04 Å². The number of hydrogen-bond acceptors (Lipinski definition) is 5. The molecule has 6 nitrogen and oxygen atoms in total. The van der Waals surface area contributed by atoms with Crippen molar-refractivity contribution in [3.05, 3.63) is 34.9 Å². The molecule has 2 fully saturated rings. The van der Waals surface area contributed by atoms with Gasteiger partial charge >= 0.3 is 0 Å². The quantitative estimate of drug-likeness (QED) is 0.546. The smallest absolute Gasteiger partial charge is 0.238 e. The summed E-state index contributed by atoms with van der Waals surface area (Å²) in [6.45, 7) is 3.61. The lowest BCUT2D eigenvalue weighted by Crippen LogP contribution is -2.51. The molecule has 23 heavy (non-hydrogen) atoms. The van der Waals surface area contributed by atoms with Crippen molar-refractivity contribution in [2.24, 2.45) is 5.92 Å². The standard InChI is InChI=1S/C16H23ClN4O2/c1-10-13(11-2-4-12(17)5-3-11)20-21-14(10)15(22)19-9-16(23)6-7-18-8-16/h2-5,10,13-14,18,20-21,23H,6-9H2,1H3,(H,19,22). The van der Waals surface area contributed by atoms with Crippen LogP contribution in [0.3, 0.4) is 0 Å². The van der Waals surface area contributed by atoms with Crippen molar-refractivity contribution in [2.75, 3.05) is 19.6 Å². The van der Waals surface area contributed by atoms with Crippen LogP contribution >= 0.6 is 11.6 Å². The van der Waals surface area contributed by atoms with Gasteiger partial charge in [-0.2, -0.15) is 0 Å². The normalized spacial score (nSPS) is 33.8. The zero-order valence-corrected chi connectivity index (χ0v) is 13.9. The lowest BCUT2D eigenvalue weighted by atomic mass is 9.90. The summed E-state index contributed by atoms with van der Waals surface area (Å²) in [5, 5.41) is 16.9. The number of hydrogen-bond donors (Lipinski definition) is 5. The van der Waals surface area contributed by atoms with E-state index in [2.05, 4.69) is 21.5 Å². The van der Waals surface area contributed by atoms with Gasteiger partial charge in [0.05, 0.1) is 11.6 Å². The molecule has 0 saturated carbocycles. The molecule has 1 aromatic rings. The van der Waals surface area contributed by atoms with E-state index in [0.717, 1.165) is 12.1 Å². The first-order valence-electron chi connectivity index (χ1n) is 7.96. The van der Waals surface area contributed by atoms with E-state index >= 15 is 0 Å². The first kappa shape index (κ1) is 16.7. The van der Waals surface area contributed by atoms with E-state index < -0.39 is 5.60 Å². The summed E-state index contributed by atoms with van der Waals surface area (Å²) >= 11 is 5.92. The maximum Gasteiger partial charge on any atom is 0.238 e. The van der Waals surface area contributed by atoms with Crippen LogP contribution in [0.15, 0.2) is 24.3 Å². The molecule has 2 saturated heterocycles. The van der Waals surface area contributed by atoms with Crippen molar-refractivity contribution in [1.29, 1.82) is 0 Å². The highest BCUT2D eigenvalue weighted by Gasteiger charge is 2.39. The van der Waals surface area contributed by atoms with Crippen molar-refractivity contribution in [3.8, 4) is 0 Å². The van der Waals surface area contributed by atoms with E-state index in [1.165, 1.54) is 0 Å². The molecule has 2 aliphatic heterocycles. The van der Waals surface area contributed by atoms with Gasteiger partial charge in [-0.25, -0.2) is 10.9 Å². The van der Waals surface area contributed by atoms with Crippen molar-refractivity contribution >= 4 is 17.5 Å². The molecule has 0 aliphatic carbocycles. The third kappa shape index (κ3) is 3.67. The number of amides is 1. The second-order valence-corrected chi connectivity index (χ2v) is 6.96. The molecule has 0 aromatic heterocycles. The highest BCUT2D eigenvalue weighted by molar-refractivity contribution is 6.30. The minimum Gasteiger partial charge on any atom is -0.387 e. The summed E-state index contributed by atoms with van der Waals surface area (Å²) in [7, 11) is 0. The molecular weight excluding hydrogens is 316 g/mol. The fourth-order valence-corrected chi connectivity index (χ4v) is 3.37. The Labute approximate surface area is 140 Å². The number of β-amino-alcohol motifs (C(OH)–C–C–N with tert-alkyl or cyclic N) is 1. The van der Waals surface area contributed by atoms with Crippen LogP contribution in [0.4, 0.5) is 0 Å². The average molecular weight is 339 g/mol. The molecule has 1 amide bonds. The summed E-state index contributed by atoms with van der Waals surface area (Å²) in [6, 6.07) is 7.33. The van der Waals surface area contributed by atoms with Crippen molar-refractivity contribution in [2.45, 2.75) is 31.0 Å². The van der Waals surface area contributed by atoms with Crippen LogP contribution in [0.25, 0.3) is 0 Å². The molecule has 1 aromatic carbocycles. The number of benzene rings is 1. The van der Waals surface area contributed by atoms with Crippen LogP contribution < -0.4 is 21.5 Å². The monoisotopic (exact) mass is 338 g/mol. The summed E-state index contributed by atoms with van der Waals surface area (Å²) in [4.78, 5) is 12.4. The summed E-state index contributed by atoms with van der Waals surface area (Å²) in [6.07, 6.45) is 0.659. The van der Waals surface area contributed by atoms with Crippen LogP contribution in [0, 0.1) is 5.92 Å². The summed E-state index contributed by atoms with van der Waals surface area (Å²) in [5.41, 5.74) is 6.50. The number of nitrogens with one attached hydrogen (secondary N) is 4. The van der Waals surface area contributed by atoms with Crippen LogP contribution in [-0.4, -0.2) is 42.3 Å². The topological polar surface area (TPSA) is 85.4 Å². The number of carbonyl (C=O) groups excluding carboxylic acids is 1. The summed E-state index contributed by atoms with van der Waals surface area (Å²) in [5.74, 6) is -0.0192. The Morgan fingerprint density at radius 2 is 2.13 bits per heavy atom. The first-order chi connectivity index (χ1) is 11.0. The second kappa shape index (κ2) is 6.75. The van der Waals surface area contributed by atoms with Gasteiger partial charge < -0.3 is 15.7 Å². The molecule has 0 radical (unpaired) electrons. The highest BCUT2D eigenvalue weighted by Crippen LogP contribution is 2.29. The van der Waals surface area contributed by atoms with Gasteiger partial charge in [0.25, 0.3) is 0 Å². The Hall–Kier alpha value is -1.18. The Balaban J connectivity index is 1.58. The molecule has 7 heteroatoms. The summed E-state index contributed by atoms with van der Waals surface area (Å²) < 4.78 is 0. The van der Waals surface area contributed by atoms with Gasteiger partial charge in [-0.05, 0) is 30.7 Å². The van der Waals surface area contributed by atoms with Crippen molar-refractivity contribution in [3.63, 3.8) is 0 Å². The minimum atomic E-state index is -0.833. The Bertz CT molecular complexity index is 560. The average Bonchev–Trinajstić information content (AvgIpc) is 3.13. The Kier molecular flexibility index (Phi) is 4.89. The minimum absolute atomic E-state index is 0.0410. The number of carbonyl (C=O) groups is 1. The maximum atomic E-state index is 12.4. The Morgan fingerprint density at radius 3 is 2.78 bits per heavy atom. The largest absolute Gasteiger partial charge is 0.387 e. The zero-order valence-electron chi connectivity index (χ0n) is 13.1. The van der Waals surface area contributed by atoms with E-state index in [4.69, 9.17) is 11.6 Å². The number of halogens is 1. The molecular formula is C16H23ClN4O2. The molecule has 4 atom stereocenters.